The molecule has 1 saturated heterocycles. The predicted octanol–water partition coefficient (Wildman–Crippen LogP) is 1.58. The molecule has 6 heteroatoms. The summed E-state index contributed by atoms with van der Waals surface area (Å²) in [4.78, 5) is 4.36. The third-order valence-corrected chi connectivity index (χ3v) is 4.27. The van der Waals surface area contributed by atoms with Crippen molar-refractivity contribution in [2.24, 2.45) is 0 Å². The number of nitrogens with one attached hydrogen (secondary N) is 2. The van der Waals surface area contributed by atoms with E-state index in [1.165, 1.54) is 0 Å². The molecule has 2 fully saturated rings. The van der Waals surface area contributed by atoms with Gasteiger partial charge < -0.3 is 26.2 Å². The summed E-state index contributed by atoms with van der Waals surface area (Å²) in [5.41, 5.74) is 7.57. The molecule has 3 rings (SSSR count). The van der Waals surface area contributed by atoms with Crippen LogP contribution in [0.1, 0.15) is 32.1 Å². The smallest absolute Gasteiger partial charge is 0.128 e. The minimum atomic E-state index is -0.137. The van der Waals surface area contributed by atoms with Crippen LogP contribution in [0, 0.1) is 0 Å². The molecule has 1 aliphatic heterocycles. The summed E-state index contributed by atoms with van der Waals surface area (Å²) in [5.74, 6) is 0.840. The highest BCUT2D eigenvalue weighted by molar-refractivity contribution is 5.69. The van der Waals surface area contributed by atoms with Crippen molar-refractivity contribution in [3.05, 3.63) is 12.3 Å². The summed E-state index contributed by atoms with van der Waals surface area (Å²) in [5, 5.41) is 16.4. The van der Waals surface area contributed by atoms with Crippen LogP contribution in [-0.4, -0.2) is 41.5 Å². The van der Waals surface area contributed by atoms with Gasteiger partial charge in [0, 0.05) is 18.7 Å². The van der Waals surface area contributed by atoms with E-state index in [0.717, 1.165) is 56.8 Å². The molecule has 0 unspecified atom stereocenters. The standard InChI is InChI=1S/C15H24N4O2/c16-13-8-17-15(19-10-1-3-12(20)4-2-10)7-14(13)18-11-5-6-21-9-11/h7-8,10-12,20H,1-6,9,16H2,(H2,17,18,19)/t10?,11-,12?/m0/s1. The first-order chi connectivity index (χ1) is 10.2. The lowest BCUT2D eigenvalue weighted by Crippen LogP contribution is -2.28. The number of aromatic nitrogens is 1. The van der Waals surface area contributed by atoms with Crippen LogP contribution in [0.15, 0.2) is 12.3 Å². The van der Waals surface area contributed by atoms with Gasteiger partial charge in [0.25, 0.3) is 0 Å². The van der Waals surface area contributed by atoms with Gasteiger partial charge in [0.05, 0.1) is 36.3 Å². The van der Waals surface area contributed by atoms with E-state index in [0.29, 0.717) is 17.8 Å². The number of nitrogen functional groups attached to an aromatic ring is 1. The fourth-order valence-corrected chi connectivity index (χ4v) is 2.97. The van der Waals surface area contributed by atoms with E-state index in [2.05, 4.69) is 15.6 Å². The monoisotopic (exact) mass is 292 g/mol. The largest absolute Gasteiger partial charge is 0.396 e. The number of pyridine rings is 1. The Bertz CT molecular complexity index is 469. The maximum atomic E-state index is 9.55. The van der Waals surface area contributed by atoms with Gasteiger partial charge in [-0.25, -0.2) is 4.98 Å². The lowest BCUT2D eigenvalue weighted by atomic mass is 9.93. The van der Waals surface area contributed by atoms with Crippen molar-refractivity contribution >= 4 is 17.2 Å². The van der Waals surface area contributed by atoms with E-state index in [9.17, 15) is 5.11 Å². The van der Waals surface area contributed by atoms with Crippen LogP contribution >= 0.6 is 0 Å². The number of nitrogens with zero attached hydrogens (tertiary/aromatic N) is 1. The van der Waals surface area contributed by atoms with Crippen LogP contribution in [0.4, 0.5) is 17.2 Å². The quantitative estimate of drug-likeness (QED) is 0.673. The van der Waals surface area contributed by atoms with E-state index >= 15 is 0 Å². The Balaban J connectivity index is 1.62. The Hall–Kier alpha value is -1.53. The molecular formula is C15H24N4O2. The molecule has 2 aliphatic rings. The fraction of sp³-hybridized carbons (Fsp3) is 0.667. The molecule has 1 aromatic heterocycles. The number of hydrogen-bond donors (Lipinski definition) is 4. The van der Waals surface area contributed by atoms with Crippen molar-refractivity contribution in [2.45, 2.75) is 50.3 Å². The molecule has 1 aromatic rings. The number of nitrogens with two attached hydrogens (primary N) is 1. The highest BCUT2D eigenvalue weighted by Crippen LogP contribution is 2.26. The molecule has 0 aromatic carbocycles. The van der Waals surface area contributed by atoms with Gasteiger partial charge >= 0.3 is 0 Å². The highest BCUT2D eigenvalue weighted by Gasteiger charge is 2.20. The minimum absolute atomic E-state index is 0.137. The van der Waals surface area contributed by atoms with Gasteiger partial charge in [-0.15, -0.1) is 0 Å². The van der Waals surface area contributed by atoms with Crippen LogP contribution in [0.25, 0.3) is 0 Å². The van der Waals surface area contributed by atoms with Crippen molar-refractivity contribution in [3.63, 3.8) is 0 Å². The maximum Gasteiger partial charge on any atom is 0.128 e. The second kappa shape index (κ2) is 6.49. The fourth-order valence-electron chi connectivity index (χ4n) is 2.97. The average molecular weight is 292 g/mol. The maximum absolute atomic E-state index is 9.55. The van der Waals surface area contributed by atoms with Crippen molar-refractivity contribution in [3.8, 4) is 0 Å². The molecule has 5 N–H and O–H groups in total. The Morgan fingerprint density at radius 1 is 1.14 bits per heavy atom. The summed E-state index contributed by atoms with van der Waals surface area (Å²) in [6.07, 6.45) is 6.23. The number of hydrogen-bond acceptors (Lipinski definition) is 6. The Morgan fingerprint density at radius 2 is 1.95 bits per heavy atom. The van der Waals surface area contributed by atoms with E-state index in [1.54, 1.807) is 6.20 Å². The molecule has 2 heterocycles. The summed E-state index contributed by atoms with van der Waals surface area (Å²) >= 11 is 0. The van der Waals surface area contributed by atoms with Gasteiger partial charge in [-0.2, -0.15) is 0 Å². The molecule has 1 atom stereocenters. The number of rotatable bonds is 4. The number of aliphatic hydroxyl groups is 1. The molecule has 21 heavy (non-hydrogen) atoms. The molecular weight excluding hydrogens is 268 g/mol. The Morgan fingerprint density at radius 3 is 2.67 bits per heavy atom. The summed E-state index contributed by atoms with van der Waals surface area (Å²) in [7, 11) is 0. The molecule has 1 aliphatic carbocycles. The van der Waals surface area contributed by atoms with Gasteiger partial charge in [-0.05, 0) is 32.1 Å². The van der Waals surface area contributed by atoms with E-state index in [-0.39, 0.29) is 6.10 Å². The van der Waals surface area contributed by atoms with E-state index in [4.69, 9.17) is 10.5 Å². The van der Waals surface area contributed by atoms with Crippen molar-refractivity contribution in [2.75, 3.05) is 29.6 Å². The molecule has 0 spiro atoms. The molecule has 0 radical (unpaired) electrons. The first kappa shape index (κ1) is 14.4. The van der Waals surface area contributed by atoms with Gasteiger partial charge in [0.15, 0.2) is 0 Å². The molecule has 1 saturated carbocycles. The summed E-state index contributed by atoms with van der Waals surface area (Å²) in [6, 6.07) is 2.68. The number of anilines is 3. The lowest BCUT2D eigenvalue weighted by molar-refractivity contribution is 0.126. The lowest BCUT2D eigenvalue weighted by Gasteiger charge is -2.27. The second-order valence-electron chi connectivity index (χ2n) is 6.01. The third-order valence-electron chi connectivity index (χ3n) is 4.27. The summed E-state index contributed by atoms with van der Waals surface area (Å²) in [6.45, 7) is 1.53. The Labute approximate surface area is 125 Å². The van der Waals surface area contributed by atoms with Gasteiger partial charge in [0.2, 0.25) is 0 Å². The SMILES string of the molecule is Nc1cnc(NC2CCC(O)CC2)cc1N[C@H]1CCOC1. The molecule has 0 bridgehead atoms. The number of ether oxygens (including phenoxy) is 1. The molecule has 6 nitrogen and oxygen atoms in total. The normalized spacial score (nSPS) is 29.3. The average Bonchev–Trinajstić information content (AvgIpc) is 2.98. The first-order valence-corrected chi connectivity index (χ1v) is 7.75. The third kappa shape index (κ3) is 3.77. The van der Waals surface area contributed by atoms with E-state index < -0.39 is 0 Å². The second-order valence-corrected chi connectivity index (χ2v) is 6.01. The van der Waals surface area contributed by atoms with Crippen LogP contribution in [0.3, 0.4) is 0 Å². The zero-order valence-electron chi connectivity index (χ0n) is 12.2. The van der Waals surface area contributed by atoms with Gasteiger partial charge in [-0.1, -0.05) is 0 Å². The van der Waals surface area contributed by atoms with Crippen LogP contribution in [-0.2, 0) is 4.74 Å². The highest BCUT2D eigenvalue weighted by atomic mass is 16.5. The molecule has 0 amide bonds. The predicted molar refractivity (Wildman–Crippen MR) is 83.4 cm³/mol. The van der Waals surface area contributed by atoms with Crippen LogP contribution in [0.5, 0.6) is 0 Å². The summed E-state index contributed by atoms with van der Waals surface area (Å²) < 4.78 is 5.37. The van der Waals surface area contributed by atoms with Gasteiger partial charge in [-0.3, -0.25) is 0 Å². The van der Waals surface area contributed by atoms with Crippen molar-refractivity contribution < 1.29 is 9.84 Å². The Kier molecular flexibility index (Phi) is 4.45. The first-order valence-electron chi connectivity index (χ1n) is 7.75. The van der Waals surface area contributed by atoms with Gasteiger partial charge in [0.1, 0.15) is 5.82 Å². The van der Waals surface area contributed by atoms with Crippen molar-refractivity contribution in [1.29, 1.82) is 0 Å². The van der Waals surface area contributed by atoms with Crippen LogP contribution < -0.4 is 16.4 Å². The topological polar surface area (TPSA) is 92.4 Å². The van der Waals surface area contributed by atoms with Crippen molar-refractivity contribution in [1.82, 2.24) is 4.98 Å². The molecule has 116 valence electrons. The number of aliphatic hydroxyl groups excluding tert-OH is 1. The zero-order chi connectivity index (χ0) is 14.7. The van der Waals surface area contributed by atoms with E-state index in [1.807, 2.05) is 6.07 Å². The zero-order valence-corrected chi connectivity index (χ0v) is 12.2. The van der Waals surface area contributed by atoms with Crippen LogP contribution in [0.2, 0.25) is 0 Å². The minimum Gasteiger partial charge on any atom is -0.396 e.